The van der Waals surface area contributed by atoms with Crippen LogP contribution in [0.1, 0.15) is 5.56 Å². The maximum absolute atomic E-state index is 12.7. The average molecular weight is 319 g/mol. The van der Waals surface area contributed by atoms with Gasteiger partial charge >= 0.3 is 6.18 Å². The van der Waals surface area contributed by atoms with Crippen LogP contribution in [0.3, 0.4) is 0 Å². The van der Waals surface area contributed by atoms with Crippen molar-refractivity contribution in [3.63, 3.8) is 0 Å². The van der Waals surface area contributed by atoms with Crippen LogP contribution in [-0.4, -0.2) is 0 Å². The minimum atomic E-state index is -4.42. The molecule has 0 aromatic heterocycles. The smallest absolute Gasteiger partial charge is 0.207 e. The van der Waals surface area contributed by atoms with E-state index < -0.39 is 17.6 Å². The van der Waals surface area contributed by atoms with Crippen LogP contribution in [0.25, 0.3) is 11.1 Å². The van der Waals surface area contributed by atoms with Crippen LogP contribution in [0.2, 0.25) is 0 Å². The van der Waals surface area contributed by atoms with E-state index >= 15 is 0 Å². The Morgan fingerprint density at radius 2 is 1.39 bits per heavy atom. The molecule has 18 heavy (non-hydrogen) atoms. The van der Waals surface area contributed by atoms with Gasteiger partial charge in [-0.1, -0.05) is 34.1 Å². The molecular weight excluding hydrogens is 312 g/mol. The number of rotatable bonds is 1. The van der Waals surface area contributed by atoms with Gasteiger partial charge in [0.05, 0.1) is 5.56 Å². The molecule has 0 atom stereocenters. The molecule has 94 valence electrons. The van der Waals surface area contributed by atoms with Crippen molar-refractivity contribution in [1.29, 1.82) is 0 Å². The lowest BCUT2D eigenvalue weighted by atomic mass is 10.0. The Bertz CT molecular complexity index is 558. The number of hydrogen-bond acceptors (Lipinski definition) is 0. The van der Waals surface area contributed by atoms with E-state index in [1.165, 1.54) is 30.3 Å². The van der Waals surface area contributed by atoms with Gasteiger partial charge in [0.15, 0.2) is 0 Å². The molecule has 0 heterocycles. The van der Waals surface area contributed by atoms with Crippen molar-refractivity contribution in [2.24, 2.45) is 0 Å². The van der Waals surface area contributed by atoms with Crippen LogP contribution < -0.4 is 0 Å². The van der Waals surface area contributed by atoms with Crippen LogP contribution >= 0.6 is 15.9 Å². The van der Waals surface area contributed by atoms with Crippen LogP contribution in [0.15, 0.2) is 46.9 Å². The first-order valence-electron chi connectivity index (χ1n) is 5.00. The lowest BCUT2D eigenvalue weighted by Crippen LogP contribution is -2.06. The van der Waals surface area contributed by atoms with Crippen molar-refractivity contribution < 1.29 is 17.6 Å². The molecule has 0 amide bonds. The molecule has 2 aromatic carbocycles. The standard InChI is InChI=1S/C13H7BrF4/c14-12-6-3-9(7-11(12)13(16,17)18)8-1-4-10(15)5-2-8/h1-7H. The van der Waals surface area contributed by atoms with Crippen LogP contribution in [0.5, 0.6) is 0 Å². The summed E-state index contributed by atoms with van der Waals surface area (Å²) in [6, 6.07) is 9.23. The molecule has 0 aliphatic heterocycles. The van der Waals surface area contributed by atoms with E-state index in [4.69, 9.17) is 0 Å². The van der Waals surface area contributed by atoms with Crippen molar-refractivity contribution in [3.05, 3.63) is 58.3 Å². The fourth-order valence-corrected chi connectivity index (χ4v) is 2.04. The maximum atomic E-state index is 12.7. The van der Waals surface area contributed by atoms with Crippen molar-refractivity contribution in [2.45, 2.75) is 6.18 Å². The van der Waals surface area contributed by atoms with Crippen molar-refractivity contribution in [3.8, 4) is 11.1 Å². The molecular formula is C13H7BrF4. The Labute approximate surface area is 109 Å². The summed E-state index contributed by atoms with van der Waals surface area (Å²) in [6.45, 7) is 0. The zero-order valence-electron chi connectivity index (χ0n) is 8.93. The third-order valence-corrected chi connectivity index (χ3v) is 3.14. The third kappa shape index (κ3) is 2.72. The quantitative estimate of drug-likeness (QED) is 0.628. The second kappa shape index (κ2) is 4.72. The second-order valence-corrected chi connectivity index (χ2v) is 4.55. The molecule has 2 rings (SSSR count). The van der Waals surface area contributed by atoms with E-state index in [1.54, 1.807) is 6.07 Å². The topological polar surface area (TPSA) is 0 Å². The molecule has 0 saturated heterocycles. The lowest BCUT2D eigenvalue weighted by Gasteiger charge is -2.11. The van der Waals surface area contributed by atoms with Crippen molar-refractivity contribution >= 4 is 15.9 Å². The Hall–Kier alpha value is -1.36. The largest absolute Gasteiger partial charge is 0.417 e. The van der Waals surface area contributed by atoms with Gasteiger partial charge in [-0.2, -0.15) is 13.2 Å². The predicted molar refractivity (Wildman–Crippen MR) is 64.5 cm³/mol. The number of hydrogen-bond donors (Lipinski definition) is 0. The zero-order chi connectivity index (χ0) is 13.3. The normalized spacial score (nSPS) is 11.6. The summed E-state index contributed by atoms with van der Waals surface area (Å²) in [7, 11) is 0. The van der Waals surface area contributed by atoms with Gasteiger partial charge in [-0.3, -0.25) is 0 Å². The summed E-state index contributed by atoms with van der Waals surface area (Å²) in [4.78, 5) is 0. The van der Waals surface area contributed by atoms with E-state index in [-0.39, 0.29) is 4.47 Å². The average Bonchev–Trinajstić information content (AvgIpc) is 2.29. The fourth-order valence-electron chi connectivity index (χ4n) is 1.56. The van der Waals surface area contributed by atoms with Gasteiger partial charge in [0, 0.05) is 4.47 Å². The summed E-state index contributed by atoms with van der Waals surface area (Å²) in [6.07, 6.45) is -4.42. The highest BCUT2D eigenvalue weighted by molar-refractivity contribution is 9.10. The first-order chi connectivity index (χ1) is 8.38. The van der Waals surface area contributed by atoms with E-state index in [2.05, 4.69) is 15.9 Å². The van der Waals surface area contributed by atoms with Gasteiger partial charge in [-0.15, -0.1) is 0 Å². The van der Waals surface area contributed by atoms with E-state index in [1.807, 2.05) is 0 Å². The summed E-state index contributed by atoms with van der Waals surface area (Å²) >= 11 is 2.87. The van der Waals surface area contributed by atoms with Gasteiger partial charge < -0.3 is 0 Å². The highest BCUT2D eigenvalue weighted by atomic mass is 79.9. The monoisotopic (exact) mass is 318 g/mol. The molecule has 0 saturated carbocycles. The Kier molecular flexibility index (Phi) is 3.43. The molecule has 0 aliphatic rings. The molecule has 0 spiro atoms. The molecule has 0 radical (unpaired) electrons. The molecule has 0 aliphatic carbocycles. The Morgan fingerprint density at radius 3 is 1.94 bits per heavy atom. The van der Waals surface area contributed by atoms with E-state index in [0.717, 1.165) is 6.07 Å². The van der Waals surface area contributed by atoms with Gasteiger partial charge in [0.25, 0.3) is 0 Å². The molecule has 0 N–H and O–H groups in total. The Morgan fingerprint density at radius 1 is 0.833 bits per heavy atom. The summed E-state index contributed by atoms with van der Waals surface area (Å²) in [5, 5.41) is 0. The minimum absolute atomic E-state index is 0.0131. The zero-order valence-corrected chi connectivity index (χ0v) is 10.5. The van der Waals surface area contributed by atoms with Gasteiger partial charge in [-0.25, -0.2) is 4.39 Å². The predicted octanol–water partition coefficient (Wildman–Crippen LogP) is 5.27. The van der Waals surface area contributed by atoms with Gasteiger partial charge in [-0.05, 0) is 35.4 Å². The van der Waals surface area contributed by atoms with Crippen LogP contribution in [0.4, 0.5) is 17.6 Å². The first kappa shape index (κ1) is 13.1. The van der Waals surface area contributed by atoms with Crippen LogP contribution in [-0.2, 0) is 6.18 Å². The number of alkyl halides is 3. The van der Waals surface area contributed by atoms with Crippen molar-refractivity contribution in [2.75, 3.05) is 0 Å². The molecule has 5 heteroatoms. The summed E-state index contributed by atoms with van der Waals surface area (Å²) in [5.41, 5.74) is 0.184. The summed E-state index contributed by atoms with van der Waals surface area (Å²) in [5.74, 6) is -0.424. The first-order valence-corrected chi connectivity index (χ1v) is 5.80. The van der Waals surface area contributed by atoms with Gasteiger partial charge in [0.1, 0.15) is 5.82 Å². The highest BCUT2D eigenvalue weighted by Crippen LogP contribution is 2.37. The SMILES string of the molecule is Fc1ccc(-c2ccc(Br)c(C(F)(F)F)c2)cc1. The molecule has 0 nitrogen and oxygen atoms in total. The van der Waals surface area contributed by atoms with E-state index in [0.29, 0.717) is 11.1 Å². The number of halogens is 5. The number of benzene rings is 2. The Balaban J connectivity index is 2.50. The van der Waals surface area contributed by atoms with Crippen LogP contribution in [0, 0.1) is 5.82 Å². The van der Waals surface area contributed by atoms with Crippen molar-refractivity contribution in [1.82, 2.24) is 0 Å². The third-order valence-electron chi connectivity index (χ3n) is 2.45. The molecule has 0 unspecified atom stereocenters. The lowest BCUT2D eigenvalue weighted by molar-refractivity contribution is -0.138. The molecule has 0 bridgehead atoms. The maximum Gasteiger partial charge on any atom is 0.417 e. The minimum Gasteiger partial charge on any atom is -0.207 e. The van der Waals surface area contributed by atoms with Gasteiger partial charge in [0.2, 0.25) is 0 Å². The second-order valence-electron chi connectivity index (χ2n) is 3.70. The summed E-state index contributed by atoms with van der Waals surface area (Å²) < 4.78 is 50.9. The van der Waals surface area contributed by atoms with E-state index in [9.17, 15) is 17.6 Å². The molecule has 2 aromatic rings. The molecule has 0 fully saturated rings. The highest BCUT2D eigenvalue weighted by Gasteiger charge is 2.33. The fraction of sp³-hybridized carbons (Fsp3) is 0.0769.